The van der Waals surface area contributed by atoms with Crippen LogP contribution in [0.2, 0.25) is 0 Å². The normalized spacial score (nSPS) is 18.9. The Bertz CT molecular complexity index is 553. The predicted octanol–water partition coefficient (Wildman–Crippen LogP) is 1.21. The minimum Gasteiger partial charge on any atom is -0.466 e. The summed E-state index contributed by atoms with van der Waals surface area (Å²) < 4.78 is 5.14. The number of aromatic nitrogens is 2. The van der Waals surface area contributed by atoms with Gasteiger partial charge in [-0.05, 0) is 26.7 Å². The van der Waals surface area contributed by atoms with Crippen LogP contribution in [0.3, 0.4) is 0 Å². The summed E-state index contributed by atoms with van der Waals surface area (Å²) in [6.07, 6.45) is 2.64. The second kappa shape index (κ2) is 6.60. The van der Waals surface area contributed by atoms with Crippen molar-refractivity contribution in [2.45, 2.75) is 39.7 Å². The molecule has 0 atom stereocenters. The van der Waals surface area contributed by atoms with Gasteiger partial charge in [0.2, 0.25) is 0 Å². The first-order chi connectivity index (χ1) is 10.7. The third-order valence-electron chi connectivity index (χ3n) is 4.44. The fourth-order valence-electron chi connectivity index (χ4n) is 3.29. The second-order valence-electron chi connectivity index (χ2n) is 5.96. The maximum atomic E-state index is 11.9. The average Bonchev–Trinajstić information content (AvgIpc) is 2.54. The predicted molar refractivity (Wildman–Crippen MR) is 83.7 cm³/mol. The monoisotopic (exact) mass is 304 g/mol. The van der Waals surface area contributed by atoms with Gasteiger partial charge in [-0.1, -0.05) is 0 Å². The maximum absolute atomic E-state index is 11.9. The molecule has 0 saturated carbocycles. The van der Waals surface area contributed by atoms with Crippen molar-refractivity contribution in [2.75, 3.05) is 31.1 Å². The number of hydrogen-bond acceptors (Lipinski definition) is 6. The molecular formula is C16H24N4O2. The molecule has 0 amide bonds. The second-order valence-corrected chi connectivity index (χ2v) is 5.96. The minimum absolute atomic E-state index is 0.0353. The van der Waals surface area contributed by atoms with E-state index >= 15 is 0 Å². The van der Waals surface area contributed by atoms with Gasteiger partial charge in [-0.15, -0.1) is 0 Å². The number of carbonyl (C=O) groups excluding carboxylic acids is 1. The highest BCUT2D eigenvalue weighted by atomic mass is 16.5. The Morgan fingerprint density at radius 2 is 2.14 bits per heavy atom. The van der Waals surface area contributed by atoms with Crippen molar-refractivity contribution >= 4 is 11.8 Å². The molecule has 1 aromatic heterocycles. The summed E-state index contributed by atoms with van der Waals surface area (Å²) in [5, 5.41) is 3.40. The lowest BCUT2D eigenvalue weighted by atomic mass is 9.96. The number of nitrogens with one attached hydrogen (secondary N) is 1. The van der Waals surface area contributed by atoms with E-state index in [0.29, 0.717) is 6.61 Å². The van der Waals surface area contributed by atoms with Crippen LogP contribution in [0.15, 0.2) is 0 Å². The fourth-order valence-corrected chi connectivity index (χ4v) is 3.29. The van der Waals surface area contributed by atoms with Crippen LogP contribution in [0.25, 0.3) is 0 Å². The van der Waals surface area contributed by atoms with Crippen molar-refractivity contribution in [3.8, 4) is 0 Å². The van der Waals surface area contributed by atoms with E-state index < -0.39 is 0 Å². The molecule has 1 fully saturated rings. The van der Waals surface area contributed by atoms with Crippen LogP contribution in [-0.2, 0) is 22.5 Å². The van der Waals surface area contributed by atoms with Crippen LogP contribution in [0.5, 0.6) is 0 Å². The Hall–Kier alpha value is -1.69. The number of nitrogens with zero attached hydrogens (tertiary/aromatic N) is 3. The number of fused-ring (bicyclic) bond motifs is 1. The van der Waals surface area contributed by atoms with Gasteiger partial charge in [0.25, 0.3) is 0 Å². The van der Waals surface area contributed by atoms with Gasteiger partial charge in [-0.2, -0.15) is 0 Å². The van der Waals surface area contributed by atoms with Crippen LogP contribution < -0.4 is 10.2 Å². The molecule has 0 radical (unpaired) electrons. The Labute approximate surface area is 131 Å². The summed E-state index contributed by atoms with van der Waals surface area (Å²) in [5.74, 6) is 1.87. The Morgan fingerprint density at radius 3 is 2.86 bits per heavy atom. The molecule has 1 saturated heterocycles. The van der Waals surface area contributed by atoms with E-state index in [1.165, 1.54) is 11.3 Å². The molecule has 2 aliphatic heterocycles. The molecule has 3 heterocycles. The summed E-state index contributed by atoms with van der Waals surface area (Å²) in [6, 6.07) is 0. The SMILES string of the molecule is CCOC(=O)C1CCN(c2nc(C)nc3c2CNCC3)CC1. The van der Waals surface area contributed by atoms with Crippen molar-refractivity contribution in [3.05, 3.63) is 17.1 Å². The molecule has 120 valence electrons. The van der Waals surface area contributed by atoms with E-state index in [4.69, 9.17) is 4.74 Å². The number of esters is 1. The first-order valence-electron chi connectivity index (χ1n) is 8.17. The number of aryl methyl sites for hydroxylation is 1. The lowest BCUT2D eigenvalue weighted by Gasteiger charge is -2.34. The van der Waals surface area contributed by atoms with Crippen molar-refractivity contribution in [1.82, 2.24) is 15.3 Å². The fraction of sp³-hybridized carbons (Fsp3) is 0.688. The molecule has 0 unspecified atom stereocenters. The lowest BCUT2D eigenvalue weighted by Crippen LogP contribution is -2.39. The molecule has 22 heavy (non-hydrogen) atoms. The van der Waals surface area contributed by atoms with E-state index in [1.54, 1.807) is 0 Å². The van der Waals surface area contributed by atoms with Gasteiger partial charge in [0, 0.05) is 38.2 Å². The highest BCUT2D eigenvalue weighted by Gasteiger charge is 2.29. The maximum Gasteiger partial charge on any atom is 0.309 e. The van der Waals surface area contributed by atoms with Gasteiger partial charge in [0.05, 0.1) is 18.2 Å². The van der Waals surface area contributed by atoms with Gasteiger partial charge in [-0.3, -0.25) is 4.79 Å². The number of anilines is 1. The topological polar surface area (TPSA) is 67.3 Å². The first-order valence-corrected chi connectivity index (χ1v) is 8.17. The highest BCUT2D eigenvalue weighted by Crippen LogP contribution is 2.28. The number of carbonyl (C=O) groups is 1. The van der Waals surface area contributed by atoms with Crippen LogP contribution in [0, 0.1) is 12.8 Å². The smallest absolute Gasteiger partial charge is 0.309 e. The molecule has 0 aliphatic carbocycles. The quantitative estimate of drug-likeness (QED) is 0.847. The standard InChI is InChI=1S/C16H24N4O2/c1-3-22-16(21)12-5-8-20(9-6-12)15-13-10-17-7-4-14(13)18-11(2)19-15/h12,17H,3-10H2,1-2H3. The molecule has 0 spiro atoms. The van der Waals surface area contributed by atoms with Crippen molar-refractivity contribution in [1.29, 1.82) is 0 Å². The van der Waals surface area contributed by atoms with Crippen LogP contribution >= 0.6 is 0 Å². The summed E-state index contributed by atoms with van der Waals surface area (Å²) >= 11 is 0. The zero-order valence-corrected chi connectivity index (χ0v) is 13.4. The largest absolute Gasteiger partial charge is 0.466 e. The van der Waals surface area contributed by atoms with Gasteiger partial charge < -0.3 is 15.0 Å². The van der Waals surface area contributed by atoms with Gasteiger partial charge in [0.15, 0.2) is 0 Å². The third-order valence-corrected chi connectivity index (χ3v) is 4.44. The molecule has 6 heteroatoms. The number of ether oxygens (including phenoxy) is 1. The molecule has 0 bridgehead atoms. The van der Waals surface area contributed by atoms with E-state index in [2.05, 4.69) is 20.2 Å². The van der Waals surface area contributed by atoms with Crippen molar-refractivity contribution in [3.63, 3.8) is 0 Å². The van der Waals surface area contributed by atoms with Gasteiger partial charge >= 0.3 is 5.97 Å². The van der Waals surface area contributed by atoms with E-state index in [-0.39, 0.29) is 11.9 Å². The number of rotatable bonds is 3. The van der Waals surface area contributed by atoms with Crippen molar-refractivity contribution < 1.29 is 9.53 Å². The molecule has 1 aromatic rings. The number of piperidine rings is 1. The molecular weight excluding hydrogens is 280 g/mol. The van der Waals surface area contributed by atoms with Crippen LogP contribution in [0.4, 0.5) is 5.82 Å². The summed E-state index contributed by atoms with van der Waals surface area (Å²) in [7, 11) is 0. The van der Waals surface area contributed by atoms with E-state index in [0.717, 1.165) is 57.1 Å². The molecule has 1 N–H and O–H groups in total. The van der Waals surface area contributed by atoms with Crippen LogP contribution in [0.1, 0.15) is 36.8 Å². The van der Waals surface area contributed by atoms with E-state index in [9.17, 15) is 4.79 Å². The van der Waals surface area contributed by atoms with Crippen LogP contribution in [-0.4, -0.2) is 42.2 Å². The third kappa shape index (κ3) is 3.06. The lowest BCUT2D eigenvalue weighted by molar-refractivity contribution is -0.148. The van der Waals surface area contributed by atoms with Gasteiger partial charge in [-0.25, -0.2) is 9.97 Å². The van der Waals surface area contributed by atoms with Crippen molar-refractivity contribution in [2.24, 2.45) is 5.92 Å². The molecule has 3 rings (SSSR count). The Morgan fingerprint density at radius 1 is 1.36 bits per heavy atom. The summed E-state index contributed by atoms with van der Waals surface area (Å²) in [6.45, 7) is 7.80. The van der Waals surface area contributed by atoms with Gasteiger partial charge in [0.1, 0.15) is 11.6 Å². The zero-order chi connectivity index (χ0) is 15.5. The summed E-state index contributed by atoms with van der Waals surface area (Å²) in [5.41, 5.74) is 2.40. The summed E-state index contributed by atoms with van der Waals surface area (Å²) in [4.78, 5) is 23.4. The first kappa shape index (κ1) is 15.2. The van der Waals surface area contributed by atoms with E-state index in [1.807, 2.05) is 13.8 Å². The zero-order valence-electron chi connectivity index (χ0n) is 13.4. The molecule has 2 aliphatic rings. The molecule has 6 nitrogen and oxygen atoms in total. The Balaban J connectivity index is 1.74. The minimum atomic E-state index is -0.0512. The Kier molecular flexibility index (Phi) is 4.57. The highest BCUT2D eigenvalue weighted by molar-refractivity contribution is 5.72. The number of hydrogen-bond donors (Lipinski definition) is 1. The molecule has 0 aromatic carbocycles. The average molecular weight is 304 g/mol.